The molecule has 0 aliphatic heterocycles. The second kappa shape index (κ2) is 6.51. The number of hydrogen-bond donors (Lipinski definition) is 1. The summed E-state index contributed by atoms with van der Waals surface area (Å²) in [4.78, 5) is 20.7. The van der Waals surface area contributed by atoms with E-state index in [9.17, 15) is 4.79 Å². The lowest BCUT2D eigenvalue weighted by Gasteiger charge is -2.13. The smallest absolute Gasteiger partial charge is 0.295 e. The Morgan fingerprint density at radius 2 is 2.12 bits per heavy atom. The van der Waals surface area contributed by atoms with Gasteiger partial charge in [-0.3, -0.25) is 4.79 Å². The molecule has 4 rings (SSSR count). The van der Waals surface area contributed by atoms with Crippen LogP contribution in [0.1, 0.15) is 42.0 Å². The Morgan fingerprint density at radius 1 is 1.28 bits per heavy atom. The topological polar surface area (TPSA) is 81.4 Å². The van der Waals surface area contributed by atoms with Crippen LogP contribution in [0.3, 0.4) is 0 Å². The number of benzene rings is 1. The average molecular weight is 337 g/mol. The van der Waals surface area contributed by atoms with Crippen molar-refractivity contribution in [3.05, 3.63) is 48.0 Å². The Balaban J connectivity index is 1.50. The van der Waals surface area contributed by atoms with Crippen molar-refractivity contribution in [2.75, 3.05) is 5.32 Å². The Labute approximate surface area is 145 Å². The van der Waals surface area contributed by atoms with E-state index in [1.807, 2.05) is 37.3 Å². The number of carbonyl (C=O) groups excluding carboxylic acids is 1. The molecule has 25 heavy (non-hydrogen) atoms. The van der Waals surface area contributed by atoms with Gasteiger partial charge in [-0.05, 0) is 50.8 Å². The maximum atomic E-state index is 12.4. The molecule has 1 fully saturated rings. The van der Waals surface area contributed by atoms with Crippen molar-refractivity contribution in [2.24, 2.45) is 0 Å². The minimum Gasteiger partial charge on any atom is -0.490 e. The zero-order valence-electron chi connectivity index (χ0n) is 14.0. The molecule has 0 radical (unpaired) electrons. The molecule has 2 aromatic heterocycles. The third-order valence-corrected chi connectivity index (χ3v) is 4.33. The van der Waals surface area contributed by atoms with E-state index < -0.39 is 0 Å². The standard InChI is InChI=1S/C18H19N5O2/c1-12-9-10-19-18-21-16(22-23(12)18)17(24)20-13-5-4-8-15(11-13)25-14-6-2-3-7-14/h4-5,8-11,14H,2-3,6-7H2,1H3,(H,20,24). The van der Waals surface area contributed by atoms with Crippen LogP contribution in [-0.4, -0.2) is 31.6 Å². The van der Waals surface area contributed by atoms with Crippen molar-refractivity contribution >= 4 is 17.4 Å². The molecule has 7 heteroatoms. The molecule has 1 aliphatic rings. The van der Waals surface area contributed by atoms with E-state index in [0.29, 0.717) is 11.5 Å². The van der Waals surface area contributed by atoms with Gasteiger partial charge in [0.2, 0.25) is 5.82 Å². The van der Waals surface area contributed by atoms with Crippen molar-refractivity contribution in [2.45, 2.75) is 38.7 Å². The molecule has 1 amide bonds. The normalized spacial score (nSPS) is 14.8. The number of aryl methyl sites for hydroxylation is 1. The maximum Gasteiger partial charge on any atom is 0.295 e. The van der Waals surface area contributed by atoms with Crippen molar-refractivity contribution in [1.29, 1.82) is 0 Å². The second-order valence-electron chi connectivity index (χ2n) is 6.24. The number of fused-ring (bicyclic) bond motifs is 1. The van der Waals surface area contributed by atoms with Gasteiger partial charge in [0.25, 0.3) is 11.7 Å². The largest absolute Gasteiger partial charge is 0.490 e. The van der Waals surface area contributed by atoms with Gasteiger partial charge in [-0.1, -0.05) is 6.07 Å². The zero-order valence-corrected chi connectivity index (χ0v) is 14.0. The highest BCUT2D eigenvalue weighted by molar-refractivity contribution is 6.01. The fourth-order valence-corrected chi connectivity index (χ4v) is 3.04. The number of carbonyl (C=O) groups is 1. The number of aromatic nitrogens is 4. The van der Waals surface area contributed by atoms with Gasteiger partial charge in [-0.2, -0.15) is 4.98 Å². The molecule has 7 nitrogen and oxygen atoms in total. The summed E-state index contributed by atoms with van der Waals surface area (Å²) in [7, 11) is 0. The number of ether oxygens (including phenoxy) is 1. The van der Waals surface area contributed by atoms with Crippen LogP contribution in [0.4, 0.5) is 5.69 Å². The molecule has 1 aliphatic carbocycles. The van der Waals surface area contributed by atoms with E-state index in [0.717, 1.165) is 24.3 Å². The van der Waals surface area contributed by atoms with Crippen LogP contribution in [0.5, 0.6) is 5.75 Å². The van der Waals surface area contributed by atoms with Crippen molar-refractivity contribution in [1.82, 2.24) is 19.6 Å². The van der Waals surface area contributed by atoms with Gasteiger partial charge in [0.1, 0.15) is 5.75 Å². The molecule has 0 bridgehead atoms. The van der Waals surface area contributed by atoms with E-state index >= 15 is 0 Å². The van der Waals surface area contributed by atoms with Crippen molar-refractivity contribution in [3.8, 4) is 5.75 Å². The lowest BCUT2D eigenvalue weighted by atomic mass is 10.2. The van der Waals surface area contributed by atoms with Crippen molar-refractivity contribution in [3.63, 3.8) is 0 Å². The summed E-state index contributed by atoms with van der Waals surface area (Å²) in [6.45, 7) is 1.88. The van der Waals surface area contributed by atoms with Gasteiger partial charge in [0.05, 0.1) is 6.10 Å². The Morgan fingerprint density at radius 3 is 2.92 bits per heavy atom. The fraction of sp³-hybridized carbons (Fsp3) is 0.333. The maximum absolute atomic E-state index is 12.4. The lowest BCUT2D eigenvalue weighted by Crippen LogP contribution is -2.15. The second-order valence-corrected chi connectivity index (χ2v) is 6.24. The van der Waals surface area contributed by atoms with Gasteiger partial charge in [0.15, 0.2) is 0 Å². The molecule has 0 unspecified atom stereocenters. The summed E-state index contributed by atoms with van der Waals surface area (Å²) >= 11 is 0. The van der Waals surface area contributed by atoms with E-state index in [-0.39, 0.29) is 17.8 Å². The van der Waals surface area contributed by atoms with E-state index in [2.05, 4.69) is 20.4 Å². The molecule has 128 valence electrons. The monoisotopic (exact) mass is 337 g/mol. The predicted molar refractivity (Wildman–Crippen MR) is 92.8 cm³/mol. The summed E-state index contributed by atoms with van der Waals surface area (Å²) in [5, 5.41) is 7.03. The number of amides is 1. The first-order valence-electron chi connectivity index (χ1n) is 8.45. The highest BCUT2D eigenvalue weighted by Crippen LogP contribution is 2.25. The van der Waals surface area contributed by atoms with Gasteiger partial charge >= 0.3 is 0 Å². The quantitative estimate of drug-likeness (QED) is 0.791. The Hall–Kier alpha value is -2.96. The molecule has 3 aromatic rings. The molecule has 1 N–H and O–H groups in total. The number of anilines is 1. The number of hydrogen-bond acceptors (Lipinski definition) is 5. The van der Waals surface area contributed by atoms with Crippen LogP contribution in [0.2, 0.25) is 0 Å². The van der Waals surface area contributed by atoms with Crippen LogP contribution in [-0.2, 0) is 0 Å². The summed E-state index contributed by atoms with van der Waals surface area (Å²) < 4.78 is 7.52. The van der Waals surface area contributed by atoms with E-state index in [1.165, 1.54) is 12.8 Å². The van der Waals surface area contributed by atoms with Crippen LogP contribution in [0.15, 0.2) is 36.5 Å². The van der Waals surface area contributed by atoms with Crippen LogP contribution in [0, 0.1) is 6.92 Å². The average Bonchev–Trinajstić information content (AvgIpc) is 3.25. The Kier molecular flexibility index (Phi) is 4.05. The van der Waals surface area contributed by atoms with Gasteiger partial charge in [-0.25, -0.2) is 9.50 Å². The predicted octanol–water partition coefficient (Wildman–Crippen LogP) is 3.01. The first kappa shape index (κ1) is 15.6. The van der Waals surface area contributed by atoms with Gasteiger partial charge in [0, 0.05) is 23.6 Å². The van der Waals surface area contributed by atoms with E-state index in [4.69, 9.17) is 4.74 Å². The highest BCUT2D eigenvalue weighted by Gasteiger charge is 2.17. The minimum atomic E-state index is -0.372. The van der Waals surface area contributed by atoms with Crippen LogP contribution in [0.25, 0.3) is 5.78 Å². The first-order valence-corrected chi connectivity index (χ1v) is 8.45. The Bertz CT molecular complexity index is 915. The SMILES string of the molecule is Cc1ccnc2nc(C(=O)Nc3cccc(OC4CCCC4)c3)nn12. The molecule has 1 saturated carbocycles. The molecule has 0 atom stereocenters. The summed E-state index contributed by atoms with van der Waals surface area (Å²) in [5.74, 6) is 0.889. The van der Waals surface area contributed by atoms with Crippen molar-refractivity contribution < 1.29 is 9.53 Å². The van der Waals surface area contributed by atoms with Crippen LogP contribution >= 0.6 is 0 Å². The molecule has 1 aromatic carbocycles. The molecular weight excluding hydrogens is 318 g/mol. The number of nitrogens with one attached hydrogen (secondary N) is 1. The molecular formula is C18H19N5O2. The fourth-order valence-electron chi connectivity index (χ4n) is 3.04. The first-order chi connectivity index (χ1) is 12.2. The van der Waals surface area contributed by atoms with E-state index in [1.54, 1.807) is 10.7 Å². The summed E-state index contributed by atoms with van der Waals surface area (Å²) in [5.41, 5.74) is 1.52. The summed E-state index contributed by atoms with van der Waals surface area (Å²) in [6.07, 6.45) is 6.54. The van der Waals surface area contributed by atoms with Crippen LogP contribution < -0.4 is 10.1 Å². The zero-order chi connectivity index (χ0) is 17.2. The lowest BCUT2D eigenvalue weighted by molar-refractivity contribution is 0.101. The molecule has 2 heterocycles. The third-order valence-electron chi connectivity index (χ3n) is 4.33. The third kappa shape index (κ3) is 3.31. The van der Waals surface area contributed by atoms with Gasteiger partial charge in [-0.15, -0.1) is 5.10 Å². The number of rotatable bonds is 4. The molecule has 0 spiro atoms. The number of nitrogens with zero attached hydrogens (tertiary/aromatic N) is 4. The highest BCUT2D eigenvalue weighted by atomic mass is 16.5. The molecule has 0 saturated heterocycles. The summed E-state index contributed by atoms with van der Waals surface area (Å²) in [6, 6.07) is 9.23. The minimum absolute atomic E-state index is 0.0870. The van der Waals surface area contributed by atoms with Gasteiger partial charge < -0.3 is 10.1 Å².